The first-order valence-corrected chi connectivity index (χ1v) is 6.29. The number of hydrogen-bond donors (Lipinski definition) is 2. The number of aromatic nitrogens is 3. The molecule has 2 rings (SSSR count). The van der Waals surface area contributed by atoms with Crippen LogP contribution in [0.2, 0.25) is 5.02 Å². The summed E-state index contributed by atoms with van der Waals surface area (Å²) in [5.74, 6) is 6.00. The monoisotopic (exact) mass is 295 g/mol. The maximum atomic E-state index is 5.93. The van der Waals surface area contributed by atoms with E-state index in [2.05, 4.69) is 20.4 Å². The topological polar surface area (TPSA) is 95.2 Å². The number of benzene rings is 1. The molecular weight excluding hydrogens is 282 g/mol. The first-order valence-electron chi connectivity index (χ1n) is 5.92. The van der Waals surface area contributed by atoms with Crippen LogP contribution in [0.1, 0.15) is 12.5 Å². The van der Waals surface area contributed by atoms with Crippen LogP contribution < -0.4 is 20.7 Å². The van der Waals surface area contributed by atoms with Gasteiger partial charge in [0, 0.05) is 5.02 Å². The van der Waals surface area contributed by atoms with E-state index in [-0.39, 0.29) is 18.0 Å². The number of nitrogens with zero attached hydrogens (tertiary/aromatic N) is 3. The zero-order valence-electron chi connectivity index (χ0n) is 11.1. The zero-order chi connectivity index (χ0) is 14.5. The maximum Gasteiger partial charge on any atom is 0.330 e. The average molecular weight is 296 g/mol. The number of nitrogens with two attached hydrogens (primary N) is 1. The summed E-state index contributed by atoms with van der Waals surface area (Å²) in [7, 11) is 0. The Morgan fingerprint density at radius 3 is 2.70 bits per heavy atom. The van der Waals surface area contributed by atoms with E-state index >= 15 is 0 Å². The van der Waals surface area contributed by atoms with Crippen molar-refractivity contribution in [3.8, 4) is 17.8 Å². The summed E-state index contributed by atoms with van der Waals surface area (Å²) in [6.45, 7) is 4.13. The van der Waals surface area contributed by atoms with Crippen molar-refractivity contribution in [3.05, 3.63) is 28.8 Å². The fraction of sp³-hybridized carbons (Fsp3) is 0.250. The van der Waals surface area contributed by atoms with Crippen LogP contribution in [0.4, 0.5) is 5.95 Å². The molecule has 0 fully saturated rings. The lowest BCUT2D eigenvalue weighted by atomic mass is 10.2. The van der Waals surface area contributed by atoms with Gasteiger partial charge in [0.15, 0.2) is 0 Å². The molecule has 0 atom stereocenters. The van der Waals surface area contributed by atoms with Gasteiger partial charge < -0.3 is 9.47 Å². The van der Waals surface area contributed by atoms with E-state index in [9.17, 15) is 0 Å². The van der Waals surface area contributed by atoms with Crippen LogP contribution in [0.3, 0.4) is 0 Å². The van der Waals surface area contributed by atoms with Gasteiger partial charge in [-0.25, -0.2) is 5.84 Å². The predicted molar refractivity (Wildman–Crippen MR) is 75.1 cm³/mol. The molecular formula is C12H14ClN5O2. The van der Waals surface area contributed by atoms with E-state index in [1.165, 1.54) is 0 Å². The van der Waals surface area contributed by atoms with Gasteiger partial charge >= 0.3 is 12.0 Å². The van der Waals surface area contributed by atoms with Crippen molar-refractivity contribution >= 4 is 17.5 Å². The Labute approximate surface area is 121 Å². The van der Waals surface area contributed by atoms with Crippen molar-refractivity contribution in [2.24, 2.45) is 5.84 Å². The number of anilines is 1. The molecule has 0 bridgehead atoms. The first-order chi connectivity index (χ1) is 9.62. The molecule has 1 heterocycles. The molecule has 0 aliphatic rings. The smallest absolute Gasteiger partial charge is 0.330 e. The van der Waals surface area contributed by atoms with Crippen LogP contribution in [0.5, 0.6) is 17.8 Å². The van der Waals surface area contributed by atoms with Crippen molar-refractivity contribution in [3.63, 3.8) is 0 Å². The maximum absolute atomic E-state index is 5.93. The SMILES string of the molecule is CCOc1nc(NN)nc(Oc2cc(Cl)ccc2C)n1. The predicted octanol–water partition coefficient (Wildman–Crippen LogP) is 2.31. The van der Waals surface area contributed by atoms with Crippen molar-refractivity contribution < 1.29 is 9.47 Å². The number of ether oxygens (including phenoxy) is 2. The van der Waals surface area contributed by atoms with E-state index < -0.39 is 0 Å². The van der Waals surface area contributed by atoms with E-state index in [1.807, 2.05) is 19.9 Å². The summed E-state index contributed by atoms with van der Waals surface area (Å²) in [4.78, 5) is 12.0. The van der Waals surface area contributed by atoms with Crippen LogP contribution >= 0.6 is 11.6 Å². The number of hydrogen-bond acceptors (Lipinski definition) is 7. The number of nitrogens with one attached hydrogen (secondary N) is 1. The Morgan fingerprint density at radius 2 is 2.00 bits per heavy atom. The largest absolute Gasteiger partial charge is 0.464 e. The molecule has 0 spiro atoms. The first kappa shape index (κ1) is 14.3. The molecule has 0 saturated carbocycles. The molecule has 2 aromatic rings. The van der Waals surface area contributed by atoms with E-state index in [1.54, 1.807) is 12.1 Å². The summed E-state index contributed by atoms with van der Waals surface area (Å²) < 4.78 is 10.8. The van der Waals surface area contributed by atoms with Crippen molar-refractivity contribution in [1.29, 1.82) is 0 Å². The summed E-state index contributed by atoms with van der Waals surface area (Å²) in [5.41, 5.74) is 3.23. The summed E-state index contributed by atoms with van der Waals surface area (Å²) in [6.07, 6.45) is 0. The minimum atomic E-state index is 0.0711. The molecule has 0 unspecified atom stereocenters. The number of aryl methyl sites for hydroxylation is 1. The lowest BCUT2D eigenvalue weighted by Crippen LogP contribution is -2.12. The third-order valence-electron chi connectivity index (χ3n) is 2.35. The Bertz CT molecular complexity index is 608. The van der Waals surface area contributed by atoms with Gasteiger partial charge in [-0.2, -0.15) is 9.97 Å². The van der Waals surface area contributed by atoms with E-state index in [4.69, 9.17) is 26.9 Å². The van der Waals surface area contributed by atoms with Crippen molar-refractivity contribution in [2.75, 3.05) is 12.0 Å². The van der Waals surface area contributed by atoms with Crippen LogP contribution in [0.25, 0.3) is 0 Å². The molecule has 1 aromatic heterocycles. The number of rotatable bonds is 5. The average Bonchev–Trinajstić information content (AvgIpc) is 2.43. The van der Waals surface area contributed by atoms with Crippen molar-refractivity contribution in [1.82, 2.24) is 15.0 Å². The van der Waals surface area contributed by atoms with Crippen molar-refractivity contribution in [2.45, 2.75) is 13.8 Å². The second-order valence-electron chi connectivity index (χ2n) is 3.81. The van der Waals surface area contributed by atoms with Gasteiger partial charge in [-0.3, -0.25) is 5.43 Å². The number of nitrogen functional groups attached to an aromatic ring is 1. The fourth-order valence-electron chi connectivity index (χ4n) is 1.42. The summed E-state index contributed by atoms with van der Waals surface area (Å²) in [5, 5.41) is 0.557. The van der Waals surface area contributed by atoms with E-state index in [0.717, 1.165) is 5.56 Å². The molecule has 0 aliphatic carbocycles. The normalized spacial score (nSPS) is 10.2. The lowest BCUT2D eigenvalue weighted by molar-refractivity contribution is 0.303. The molecule has 0 saturated heterocycles. The minimum absolute atomic E-state index is 0.0711. The van der Waals surface area contributed by atoms with Crippen LogP contribution in [0.15, 0.2) is 18.2 Å². The molecule has 0 aliphatic heterocycles. The number of halogens is 1. The molecule has 8 heteroatoms. The molecule has 0 amide bonds. The third kappa shape index (κ3) is 3.46. The Balaban J connectivity index is 2.32. The Morgan fingerprint density at radius 1 is 1.25 bits per heavy atom. The third-order valence-corrected chi connectivity index (χ3v) is 2.58. The standard InChI is InChI=1S/C12H14ClN5O2/c1-3-19-11-15-10(18-14)16-12(17-11)20-9-6-8(13)5-4-7(9)2/h4-6H,3,14H2,1-2H3,(H,15,16,17,18). The van der Waals surface area contributed by atoms with Gasteiger partial charge in [-0.15, -0.1) is 4.98 Å². The van der Waals surface area contributed by atoms with E-state index in [0.29, 0.717) is 17.4 Å². The fourth-order valence-corrected chi connectivity index (χ4v) is 1.59. The molecule has 0 radical (unpaired) electrons. The second kappa shape index (κ2) is 6.36. The van der Waals surface area contributed by atoms with Gasteiger partial charge in [0.25, 0.3) is 0 Å². The second-order valence-corrected chi connectivity index (χ2v) is 4.25. The highest BCUT2D eigenvalue weighted by atomic mass is 35.5. The molecule has 20 heavy (non-hydrogen) atoms. The summed E-state index contributed by atoms with van der Waals surface area (Å²) in [6, 6.07) is 5.49. The van der Waals surface area contributed by atoms with Gasteiger partial charge in [-0.1, -0.05) is 17.7 Å². The highest BCUT2D eigenvalue weighted by molar-refractivity contribution is 6.30. The molecule has 1 aromatic carbocycles. The van der Waals surface area contributed by atoms with Gasteiger partial charge in [0.05, 0.1) is 6.61 Å². The lowest BCUT2D eigenvalue weighted by Gasteiger charge is -2.09. The molecule has 3 N–H and O–H groups in total. The molecule has 7 nitrogen and oxygen atoms in total. The summed E-state index contributed by atoms with van der Waals surface area (Å²) >= 11 is 5.93. The van der Waals surface area contributed by atoms with Crippen LogP contribution in [-0.2, 0) is 0 Å². The highest BCUT2D eigenvalue weighted by Crippen LogP contribution is 2.27. The van der Waals surface area contributed by atoms with Gasteiger partial charge in [0.2, 0.25) is 5.95 Å². The Hall–Kier alpha value is -2.12. The number of hydrazine groups is 1. The van der Waals surface area contributed by atoms with Crippen LogP contribution in [0, 0.1) is 6.92 Å². The Kier molecular flexibility index (Phi) is 4.54. The van der Waals surface area contributed by atoms with Crippen LogP contribution in [-0.4, -0.2) is 21.6 Å². The minimum Gasteiger partial charge on any atom is -0.464 e. The quantitative estimate of drug-likeness (QED) is 0.645. The van der Waals surface area contributed by atoms with Gasteiger partial charge in [-0.05, 0) is 31.5 Å². The molecule has 106 valence electrons. The highest BCUT2D eigenvalue weighted by Gasteiger charge is 2.10. The zero-order valence-corrected chi connectivity index (χ0v) is 11.8. The van der Waals surface area contributed by atoms with Gasteiger partial charge in [0.1, 0.15) is 5.75 Å².